The fourth-order valence-electron chi connectivity index (χ4n) is 2.73. The maximum atomic E-state index is 12.9. The highest BCUT2D eigenvalue weighted by Crippen LogP contribution is 2.26. The summed E-state index contributed by atoms with van der Waals surface area (Å²) in [5.74, 6) is 0.503. The van der Waals surface area contributed by atoms with E-state index < -0.39 is 17.7 Å². The number of amides is 2. The fraction of sp³-hybridized carbons (Fsp3) is 0.409. The lowest BCUT2D eigenvalue weighted by atomic mass is 10.0. The van der Waals surface area contributed by atoms with Gasteiger partial charge < -0.3 is 19.8 Å². The smallest absolute Gasteiger partial charge is 0.408 e. The number of nitrogens with one attached hydrogen (secondary N) is 2. The number of rotatable bonds is 7. The van der Waals surface area contributed by atoms with Gasteiger partial charge in [-0.25, -0.2) is 9.78 Å². The molecule has 156 valence electrons. The number of aromatic nitrogens is 1. The van der Waals surface area contributed by atoms with Crippen molar-refractivity contribution in [2.75, 3.05) is 5.32 Å². The van der Waals surface area contributed by atoms with Crippen LogP contribution in [-0.4, -0.2) is 28.6 Å². The van der Waals surface area contributed by atoms with Gasteiger partial charge in [0.05, 0.1) is 6.20 Å². The van der Waals surface area contributed by atoms with Crippen molar-refractivity contribution in [3.8, 4) is 11.3 Å². The average molecular weight is 399 g/mol. The van der Waals surface area contributed by atoms with E-state index in [4.69, 9.17) is 9.15 Å². The average Bonchev–Trinajstić information content (AvgIpc) is 3.14. The summed E-state index contributed by atoms with van der Waals surface area (Å²) in [6.07, 6.45) is 4.48. The lowest BCUT2D eigenvalue weighted by Crippen LogP contribution is -2.46. The number of ether oxygens (including phenoxy) is 1. The third-order valence-electron chi connectivity index (χ3n) is 3.96. The third kappa shape index (κ3) is 6.78. The number of carbonyl (C=O) groups is 2. The van der Waals surface area contributed by atoms with Crippen molar-refractivity contribution >= 4 is 23.8 Å². The van der Waals surface area contributed by atoms with Gasteiger partial charge in [-0.1, -0.05) is 26.5 Å². The summed E-state index contributed by atoms with van der Waals surface area (Å²) >= 11 is 0. The zero-order valence-corrected chi connectivity index (χ0v) is 17.6. The van der Waals surface area contributed by atoms with E-state index in [2.05, 4.69) is 22.2 Å². The van der Waals surface area contributed by atoms with Gasteiger partial charge in [0.25, 0.3) is 0 Å². The predicted molar refractivity (Wildman–Crippen MR) is 113 cm³/mol. The van der Waals surface area contributed by atoms with E-state index in [0.29, 0.717) is 17.9 Å². The van der Waals surface area contributed by atoms with Crippen LogP contribution in [0.15, 0.2) is 41.8 Å². The van der Waals surface area contributed by atoms with E-state index in [0.717, 1.165) is 11.1 Å². The molecule has 0 fully saturated rings. The molecule has 1 aromatic heterocycles. The highest BCUT2D eigenvalue weighted by molar-refractivity contribution is 5.98. The number of carbonyl (C=O) groups excluding carboxylic acids is 2. The summed E-state index contributed by atoms with van der Waals surface area (Å²) < 4.78 is 10.6. The van der Waals surface area contributed by atoms with Crippen LogP contribution in [0.3, 0.4) is 0 Å². The van der Waals surface area contributed by atoms with Crippen molar-refractivity contribution in [1.82, 2.24) is 10.3 Å². The number of nitrogens with zero attached hydrogens (tertiary/aromatic N) is 1. The molecule has 0 radical (unpaired) electrons. The number of hydrogen-bond donors (Lipinski definition) is 2. The molecule has 2 amide bonds. The second-order valence-electron chi connectivity index (χ2n) is 8.19. The largest absolute Gasteiger partial charge is 0.444 e. The maximum Gasteiger partial charge on any atom is 0.408 e. The molecule has 1 heterocycles. The normalized spacial score (nSPS) is 12.3. The molecule has 0 saturated heterocycles. The van der Waals surface area contributed by atoms with Crippen LogP contribution in [0.4, 0.5) is 10.5 Å². The van der Waals surface area contributed by atoms with Gasteiger partial charge in [-0.05, 0) is 56.9 Å². The summed E-state index contributed by atoms with van der Waals surface area (Å²) in [5.41, 5.74) is 1.50. The van der Waals surface area contributed by atoms with Crippen molar-refractivity contribution in [1.29, 1.82) is 0 Å². The molecule has 7 heteroatoms. The van der Waals surface area contributed by atoms with E-state index >= 15 is 0 Å². The first-order valence-corrected chi connectivity index (χ1v) is 9.54. The molecule has 1 atom stereocenters. The number of hydrogen-bond acceptors (Lipinski definition) is 5. The van der Waals surface area contributed by atoms with Crippen LogP contribution in [0.25, 0.3) is 17.4 Å². The number of oxazole rings is 1. The Balaban J connectivity index is 2.17. The molecule has 0 spiro atoms. The molecule has 1 unspecified atom stereocenters. The van der Waals surface area contributed by atoms with Gasteiger partial charge >= 0.3 is 6.09 Å². The van der Waals surface area contributed by atoms with Crippen molar-refractivity contribution in [2.24, 2.45) is 5.92 Å². The third-order valence-corrected chi connectivity index (χ3v) is 3.96. The Morgan fingerprint density at radius 2 is 2.03 bits per heavy atom. The predicted octanol–water partition coefficient (Wildman–Crippen LogP) is 4.86. The molecule has 7 nitrogen and oxygen atoms in total. The Morgan fingerprint density at radius 1 is 1.31 bits per heavy atom. The minimum Gasteiger partial charge on any atom is -0.444 e. The zero-order chi connectivity index (χ0) is 21.6. The Labute approximate surface area is 171 Å². The van der Waals surface area contributed by atoms with Gasteiger partial charge in [0.2, 0.25) is 5.91 Å². The lowest BCUT2D eigenvalue weighted by Gasteiger charge is -2.24. The summed E-state index contributed by atoms with van der Waals surface area (Å²) in [4.78, 5) is 29.0. The standard InChI is InChI=1S/C22H29N3O4/c1-7-15-11-16(19-12-23-13-28-19)8-9-17(15)24-20(26)18(10-14(2)3)25-21(27)29-22(4,5)6/h7-9,11-14,18H,1,10H2,2-6H3,(H,24,26)(H,25,27). The molecule has 2 N–H and O–H groups in total. The summed E-state index contributed by atoms with van der Waals surface area (Å²) in [7, 11) is 0. The van der Waals surface area contributed by atoms with Crippen LogP contribution in [0.5, 0.6) is 0 Å². The highest BCUT2D eigenvalue weighted by Gasteiger charge is 2.25. The summed E-state index contributed by atoms with van der Waals surface area (Å²) in [6.45, 7) is 13.1. The van der Waals surface area contributed by atoms with Crippen molar-refractivity contribution in [2.45, 2.75) is 52.7 Å². The first kappa shape index (κ1) is 22.2. The van der Waals surface area contributed by atoms with Gasteiger partial charge in [-0.2, -0.15) is 0 Å². The monoisotopic (exact) mass is 399 g/mol. The second-order valence-corrected chi connectivity index (χ2v) is 8.19. The first-order chi connectivity index (χ1) is 13.6. The molecule has 0 saturated carbocycles. The van der Waals surface area contributed by atoms with Crippen LogP contribution in [0.2, 0.25) is 0 Å². The number of alkyl carbamates (subject to hydrolysis) is 1. The topological polar surface area (TPSA) is 93.5 Å². The first-order valence-electron chi connectivity index (χ1n) is 9.54. The number of anilines is 1. The van der Waals surface area contributed by atoms with Gasteiger partial charge in [-0.3, -0.25) is 4.79 Å². The Morgan fingerprint density at radius 3 is 2.59 bits per heavy atom. The number of benzene rings is 1. The van der Waals surface area contributed by atoms with E-state index in [9.17, 15) is 9.59 Å². The van der Waals surface area contributed by atoms with Gasteiger partial charge in [-0.15, -0.1) is 0 Å². The van der Waals surface area contributed by atoms with Crippen molar-refractivity contribution in [3.05, 3.63) is 42.9 Å². The Bertz CT molecular complexity index is 851. The molecule has 0 aliphatic carbocycles. The van der Waals surface area contributed by atoms with Crippen LogP contribution >= 0.6 is 0 Å². The molecule has 2 rings (SSSR count). The van der Waals surface area contributed by atoms with Gasteiger partial charge in [0.15, 0.2) is 12.2 Å². The maximum absolute atomic E-state index is 12.9. The van der Waals surface area contributed by atoms with Crippen molar-refractivity contribution in [3.63, 3.8) is 0 Å². The summed E-state index contributed by atoms with van der Waals surface area (Å²) in [6, 6.07) is 4.72. The SMILES string of the molecule is C=Cc1cc(-c2cnco2)ccc1NC(=O)C(CC(C)C)NC(=O)OC(C)(C)C. The minimum atomic E-state index is -0.725. The quantitative estimate of drug-likeness (QED) is 0.693. The molecule has 0 aliphatic rings. The minimum absolute atomic E-state index is 0.202. The van der Waals surface area contributed by atoms with Crippen LogP contribution in [0.1, 0.15) is 46.6 Å². The molecule has 29 heavy (non-hydrogen) atoms. The molecular weight excluding hydrogens is 370 g/mol. The molecule has 2 aromatic rings. The molecule has 1 aromatic carbocycles. The Kier molecular flexibility index (Phi) is 7.20. The second kappa shape index (κ2) is 9.41. The van der Waals surface area contributed by atoms with Crippen LogP contribution in [-0.2, 0) is 9.53 Å². The van der Waals surface area contributed by atoms with Crippen LogP contribution < -0.4 is 10.6 Å². The van der Waals surface area contributed by atoms with Crippen LogP contribution in [0, 0.1) is 5.92 Å². The molecule has 0 aliphatic heterocycles. The fourth-order valence-corrected chi connectivity index (χ4v) is 2.73. The van der Waals surface area contributed by atoms with Crippen molar-refractivity contribution < 1.29 is 18.7 Å². The highest BCUT2D eigenvalue weighted by atomic mass is 16.6. The van der Waals surface area contributed by atoms with E-state index in [1.807, 2.05) is 26.0 Å². The zero-order valence-electron chi connectivity index (χ0n) is 17.6. The molecule has 0 bridgehead atoms. The van der Waals surface area contributed by atoms with Gasteiger partial charge in [0, 0.05) is 11.3 Å². The summed E-state index contributed by atoms with van der Waals surface area (Å²) in [5, 5.41) is 5.55. The van der Waals surface area contributed by atoms with E-state index in [1.165, 1.54) is 6.39 Å². The lowest BCUT2D eigenvalue weighted by molar-refractivity contribution is -0.118. The van der Waals surface area contributed by atoms with Gasteiger partial charge in [0.1, 0.15) is 11.6 Å². The van der Waals surface area contributed by atoms with E-state index in [-0.39, 0.29) is 11.8 Å². The Hall–Kier alpha value is -3.09. The van der Waals surface area contributed by atoms with E-state index in [1.54, 1.807) is 39.1 Å². The molecular formula is C22H29N3O4.